The minimum absolute atomic E-state index is 0.155. The third-order valence-corrected chi connectivity index (χ3v) is 11.0. The first-order valence-electron chi connectivity index (χ1n) is 17.9. The number of carboxylic acid groups (broad SMARTS) is 1. The molecule has 1 aliphatic heterocycles. The first kappa shape index (κ1) is 39.4. The average Bonchev–Trinajstić information content (AvgIpc) is 3.48. The van der Waals surface area contributed by atoms with E-state index in [4.69, 9.17) is 5.73 Å². The van der Waals surface area contributed by atoms with Crippen molar-refractivity contribution in [2.45, 2.75) is 88.5 Å². The Bertz CT molecular complexity index is 1910. The van der Waals surface area contributed by atoms with Crippen molar-refractivity contribution in [1.29, 1.82) is 0 Å². The van der Waals surface area contributed by atoms with E-state index in [1.165, 1.54) is 0 Å². The summed E-state index contributed by atoms with van der Waals surface area (Å²) in [7, 11) is -4.36. The molecule has 0 unspecified atom stereocenters. The van der Waals surface area contributed by atoms with Crippen molar-refractivity contribution in [3.05, 3.63) is 83.6 Å². The van der Waals surface area contributed by atoms with Gasteiger partial charge >= 0.3 is 13.6 Å². The van der Waals surface area contributed by atoms with Gasteiger partial charge in [-0.15, -0.1) is 0 Å². The summed E-state index contributed by atoms with van der Waals surface area (Å²) >= 11 is 0. The van der Waals surface area contributed by atoms with Gasteiger partial charge in [-0.3, -0.25) is 28.5 Å². The van der Waals surface area contributed by atoms with Gasteiger partial charge in [0.25, 0.3) is 0 Å². The molecule has 0 bridgehead atoms. The predicted molar refractivity (Wildman–Crippen MR) is 197 cm³/mol. The number of fused-ring (bicyclic) bond motifs is 1. The fraction of sp³-hybridized carbons (Fsp3) is 0.447. The number of primary amides is 1. The first-order chi connectivity index (χ1) is 25.1. The van der Waals surface area contributed by atoms with Crippen molar-refractivity contribution in [3.8, 4) is 0 Å². The van der Waals surface area contributed by atoms with E-state index < -0.39 is 79.6 Å². The number of benzene rings is 2. The van der Waals surface area contributed by atoms with Crippen LogP contribution in [-0.2, 0) is 41.2 Å². The maximum absolute atomic E-state index is 14.3. The molecule has 8 N–H and O–H groups in total. The zero-order valence-corrected chi connectivity index (χ0v) is 30.6. The number of nitrogens with one attached hydrogen (secondary N) is 3. The molecule has 4 atom stereocenters. The molecular formula is C38H48N5O9P. The molecular weight excluding hydrogens is 701 g/mol. The molecule has 284 valence electrons. The molecule has 15 heteroatoms. The van der Waals surface area contributed by atoms with E-state index >= 15 is 0 Å². The van der Waals surface area contributed by atoms with Crippen LogP contribution in [0.3, 0.4) is 0 Å². The average molecular weight is 750 g/mol. The lowest BCUT2D eigenvalue weighted by Gasteiger charge is -2.39. The number of carbonyl (C=O) groups excluding carboxylic acids is 4. The van der Waals surface area contributed by atoms with Crippen LogP contribution in [0.1, 0.15) is 74.0 Å². The summed E-state index contributed by atoms with van der Waals surface area (Å²) in [6.45, 7) is 2.63. The van der Waals surface area contributed by atoms with E-state index in [1.54, 1.807) is 30.3 Å². The van der Waals surface area contributed by atoms with E-state index in [1.807, 2.05) is 37.4 Å². The second kappa shape index (κ2) is 16.9. The monoisotopic (exact) mass is 749 g/mol. The number of nitrogens with zero attached hydrogens (tertiary/aromatic N) is 1. The van der Waals surface area contributed by atoms with Crippen LogP contribution in [0.5, 0.6) is 0 Å². The third kappa shape index (κ3) is 10.4. The fourth-order valence-electron chi connectivity index (χ4n) is 7.50. The lowest BCUT2D eigenvalue weighted by molar-refractivity contribution is -0.143. The topological polar surface area (TPSA) is 230 Å². The number of aryl methyl sites for hydroxylation is 1. The molecule has 3 aromatic rings. The molecule has 2 aromatic carbocycles. The lowest BCUT2D eigenvalue weighted by Crippen LogP contribution is -2.64. The van der Waals surface area contributed by atoms with Crippen LogP contribution in [0.15, 0.2) is 66.9 Å². The summed E-state index contributed by atoms with van der Waals surface area (Å²) < 4.78 is 13.7. The lowest BCUT2D eigenvalue weighted by atomic mass is 9.78. The SMILES string of the molecule is Cc1ccc2c(ccn2C[C@H]2C/C=C/[C@H](c3ccc(CP(=O)(O)O)cc3)[C@H](CC(=O)O)C(=O)NC3(CCCCC3)C(=O)N[C@@H](CC(N)=O)C(=O)NC2)c1. The van der Waals surface area contributed by atoms with Crippen molar-refractivity contribution in [1.82, 2.24) is 20.5 Å². The van der Waals surface area contributed by atoms with E-state index in [0.717, 1.165) is 22.9 Å². The Morgan fingerprint density at radius 2 is 1.70 bits per heavy atom. The second-order valence-electron chi connectivity index (χ2n) is 14.4. The molecule has 1 aromatic heterocycles. The normalized spacial score (nSPS) is 23.6. The molecule has 0 radical (unpaired) electrons. The Labute approximate surface area is 307 Å². The quantitative estimate of drug-likeness (QED) is 0.125. The number of allylic oxidation sites excluding steroid dienone is 2. The minimum Gasteiger partial charge on any atom is -0.481 e. The number of amides is 4. The highest BCUT2D eigenvalue weighted by molar-refractivity contribution is 7.50. The van der Waals surface area contributed by atoms with Gasteiger partial charge in [0, 0.05) is 30.7 Å². The molecule has 1 saturated carbocycles. The molecule has 14 nitrogen and oxygen atoms in total. The van der Waals surface area contributed by atoms with Crippen molar-refractivity contribution in [2.24, 2.45) is 17.6 Å². The molecule has 53 heavy (non-hydrogen) atoms. The highest BCUT2D eigenvalue weighted by Gasteiger charge is 2.45. The summed E-state index contributed by atoms with van der Waals surface area (Å²) in [5, 5.41) is 19.6. The number of aliphatic carboxylic acids is 1. The highest BCUT2D eigenvalue weighted by Crippen LogP contribution is 2.40. The van der Waals surface area contributed by atoms with Gasteiger partial charge in [-0.2, -0.15) is 0 Å². The fourth-order valence-corrected chi connectivity index (χ4v) is 8.18. The summed E-state index contributed by atoms with van der Waals surface area (Å²) in [5.74, 6) is -6.18. The zero-order chi connectivity index (χ0) is 38.3. The van der Waals surface area contributed by atoms with Gasteiger partial charge < -0.3 is 41.1 Å². The van der Waals surface area contributed by atoms with Gasteiger partial charge in [0.1, 0.15) is 11.6 Å². The highest BCUT2D eigenvalue weighted by atomic mass is 31.2. The largest absolute Gasteiger partial charge is 0.481 e. The van der Waals surface area contributed by atoms with Crippen LogP contribution in [-0.4, -0.2) is 67.2 Å². The number of rotatable bonds is 9. The van der Waals surface area contributed by atoms with E-state index in [2.05, 4.69) is 26.6 Å². The molecule has 2 aliphatic rings. The molecule has 2 heterocycles. The molecule has 1 spiro atoms. The number of carbonyl (C=O) groups is 5. The minimum atomic E-state index is -4.36. The molecule has 1 fully saturated rings. The van der Waals surface area contributed by atoms with Crippen molar-refractivity contribution < 1.29 is 43.4 Å². The third-order valence-electron chi connectivity index (χ3n) is 10.2. The van der Waals surface area contributed by atoms with Gasteiger partial charge in [-0.05, 0) is 66.8 Å². The van der Waals surface area contributed by atoms with Crippen LogP contribution < -0.4 is 21.7 Å². The number of aromatic nitrogens is 1. The smallest absolute Gasteiger partial charge is 0.329 e. The maximum Gasteiger partial charge on any atom is 0.329 e. The van der Waals surface area contributed by atoms with Gasteiger partial charge in [-0.25, -0.2) is 0 Å². The van der Waals surface area contributed by atoms with Crippen LogP contribution >= 0.6 is 7.60 Å². The predicted octanol–water partition coefficient (Wildman–Crippen LogP) is 3.37. The standard InChI is InChI=1S/C38H48N5O9P/c1-24-8-13-32-28(18-24)14-17-43(32)22-26-6-5-7-29(27-11-9-25(10-12-27)23-53(50,51)52)30(19-34(45)46)35(47)42-38(15-3-2-4-16-38)37(49)41-31(20-33(39)44)36(48)40-21-26/h5,7-14,17-18,26,29-31H,2-4,6,15-16,19-23H2,1H3,(H2,39,44)(H,40,48)(H,41,49)(H,42,47)(H,45,46)(H2,50,51,52)/b7-5+/t26-,29+,30-,31-/m0/s1. The maximum atomic E-state index is 14.3. The van der Waals surface area contributed by atoms with E-state index in [0.29, 0.717) is 36.9 Å². The Balaban J connectivity index is 1.58. The van der Waals surface area contributed by atoms with Crippen molar-refractivity contribution in [2.75, 3.05) is 6.54 Å². The number of carboxylic acids is 1. The summed E-state index contributed by atoms with van der Waals surface area (Å²) in [6, 6.07) is 13.1. The van der Waals surface area contributed by atoms with Gasteiger partial charge in [-0.1, -0.05) is 67.3 Å². The van der Waals surface area contributed by atoms with Crippen LogP contribution in [0.2, 0.25) is 0 Å². The zero-order valence-electron chi connectivity index (χ0n) is 29.7. The summed E-state index contributed by atoms with van der Waals surface area (Å²) in [4.78, 5) is 85.5. The Hall–Kier alpha value is -4.78. The number of nitrogens with two attached hydrogens (primary N) is 1. The Morgan fingerprint density at radius 1 is 0.981 bits per heavy atom. The second-order valence-corrected chi connectivity index (χ2v) is 16.1. The van der Waals surface area contributed by atoms with Crippen LogP contribution in [0.4, 0.5) is 0 Å². The number of hydrogen-bond acceptors (Lipinski definition) is 6. The molecule has 0 saturated heterocycles. The van der Waals surface area contributed by atoms with Crippen molar-refractivity contribution >= 4 is 48.1 Å². The van der Waals surface area contributed by atoms with Gasteiger partial charge in [0.15, 0.2) is 0 Å². The summed E-state index contributed by atoms with van der Waals surface area (Å²) in [5.41, 5.74) is 7.06. The Morgan fingerprint density at radius 3 is 2.36 bits per heavy atom. The Kier molecular flexibility index (Phi) is 12.6. The van der Waals surface area contributed by atoms with Gasteiger partial charge in [0.05, 0.1) is 24.9 Å². The first-order valence-corrected chi connectivity index (χ1v) is 19.7. The van der Waals surface area contributed by atoms with Gasteiger partial charge in [0.2, 0.25) is 23.6 Å². The van der Waals surface area contributed by atoms with E-state index in [-0.39, 0.29) is 25.3 Å². The molecule has 1 aliphatic carbocycles. The molecule has 5 rings (SSSR count). The van der Waals surface area contributed by atoms with Crippen molar-refractivity contribution in [3.63, 3.8) is 0 Å². The summed E-state index contributed by atoms with van der Waals surface area (Å²) in [6.07, 6.45) is 6.88. The molecule has 4 amide bonds. The van der Waals surface area contributed by atoms with Crippen LogP contribution in [0.25, 0.3) is 10.9 Å². The number of hydrogen-bond donors (Lipinski definition) is 7. The van der Waals surface area contributed by atoms with E-state index in [9.17, 15) is 43.4 Å². The van der Waals surface area contributed by atoms with Crippen LogP contribution in [0, 0.1) is 18.8 Å².